The molecule has 1 aromatic rings. The molecule has 2 aliphatic rings. The third-order valence-corrected chi connectivity index (χ3v) is 6.74. The van der Waals surface area contributed by atoms with Gasteiger partial charge in [-0.15, -0.1) is 5.06 Å². The second kappa shape index (κ2) is 13.6. The monoisotopic (exact) mass is 507 g/mol. The van der Waals surface area contributed by atoms with Gasteiger partial charge in [-0.05, 0) is 100 Å². The molecule has 0 bridgehead atoms. The molecular weight excluding hydrogens is 468 g/mol. The van der Waals surface area contributed by atoms with Crippen molar-refractivity contribution < 1.29 is 23.3 Å². The number of rotatable bonds is 12. The number of piperidine rings is 1. The van der Waals surface area contributed by atoms with Gasteiger partial charge in [-0.2, -0.15) is 8.78 Å². The van der Waals surface area contributed by atoms with E-state index in [4.69, 9.17) is 9.68 Å². The minimum Gasteiger partial charge on any atom is -0.494 e. The molecule has 1 amide bonds. The van der Waals surface area contributed by atoms with E-state index in [-0.39, 0.29) is 5.91 Å². The van der Waals surface area contributed by atoms with Crippen LogP contribution in [0.4, 0.5) is 8.78 Å². The van der Waals surface area contributed by atoms with E-state index < -0.39 is 11.8 Å². The standard InChI is InChI=1S/C26H39F2N5O3/c1-20-19-22(8-9-23(20)24(34)30-12-17-32-13-4-5-14-32)35-18-6-7-21-10-15-33(16-11-21)36-31-25(29-3)26(2,27)28/h8-9,19,21H,3-7,10-18H2,1-2H3,(H,30,34)/b31-25-. The maximum absolute atomic E-state index is 13.3. The molecule has 0 spiro atoms. The number of nitrogens with zero attached hydrogens (tertiary/aromatic N) is 4. The van der Waals surface area contributed by atoms with Crippen LogP contribution in [-0.4, -0.2) is 80.2 Å². The molecule has 1 aromatic carbocycles. The topological polar surface area (TPSA) is 78.8 Å². The van der Waals surface area contributed by atoms with Crippen LogP contribution in [0.1, 0.15) is 61.4 Å². The number of carbonyl (C=O) groups is 1. The van der Waals surface area contributed by atoms with Crippen molar-refractivity contribution in [3.8, 4) is 5.75 Å². The predicted octanol–water partition coefficient (Wildman–Crippen LogP) is 4.29. The molecule has 1 N–H and O–H groups in total. The summed E-state index contributed by atoms with van der Waals surface area (Å²) in [5.74, 6) is -2.65. The van der Waals surface area contributed by atoms with E-state index in [1.54, 1.807) is 5.06 Å². The number of nitrogens with one attached hydrogen (secondary N) is 1. The quantitative estimate of drug-likeness (QED) is 0.198. The van der Waals surface area contributed by atoms with Gasteiger partial charge in [0.25, 0.3) is 5.91 Å². The van der Waals surface area contributed by atoms with Gasteiger partial charge < -0.3 is 15.0 Å². The molecule has 0 aromatic heterocycles. The number of amides is 1. The lowest BCUT2D eigenvalue weighted by Crippen LogP contribution is -2.33. The van der Waals surface area contributed by atoms with Crippen LogP contribution >= 0.6 is 0 Å². The first kappa shape index (κ1) is 28.0. The summed E-state index contributed by atoms with van der Waals surface area (Å²) in [6.45, 7) is 11.4. The third kappa shape index (κ3) is 8.81. The molecule has 2 saturated heterocycles. The summed E-state index contributed by atoms with van der Waals surface area (Å²) in [4.78, 5) is 23.3. The molecule has 2 heterocycles. The number of benzene rings is 1. The number of hydrogen-bond donors (Lipinski definition) is 1. The van der Waals surface area contributed by atoms with Crippen LogP contribution in [0.3, 0.4) is 0 Å². The highest BCUT2D eigenvalue weighted by Crippen LogP contribution is 2.24. The fourth-order valence-electron chi connectivity index (χ4n) is 4.60. The number of amidine groups is 1. The van der Waals surface area contributed by atoms with E-state index in [0.717, 1.165) is 56.6 Å². The zero-order chi connectivity index (χ0) is 26.0. The van der Waals surface area contributed by atoms with Gasteiger partial charge in [0.05, 0.1) is 6.61 Å². The fraction of sp³-hybridized carbons (Fsp3) is 0.654. The summed E-state index contributed by atoms with van der Waals surface area (Å²) in [7, 11) is 0. The summed E-state index contributed by atoms with van der Waals surface area (Å²) in [6, 6.07) is 5.60. The number of halogens is 2. The molecule has 0 aliphatic carbocycles. The second-order valence-corrected chi connectivity index (χ2v) is 9.69. The Labute approximate surface area is 212 Å². The Bertz CT molecular complexity index is 892. The van der Waals surface area contributed by atoms with Crippen LogP contribution in [0.25, 0.3) is 0 Å². The molecule has 3 rings (SSSR count). The summed E-state index contributed by atoms with van der Waals surface area (Å²) in [6.07, 6.45) is 6.22. The first-order chi connectivity index (χ1) is 17.3. The van der Waals surface area contributed by atoms with Crippen molar-refractivity contribution in [1.82, 2.24) is 15.3 Å². The van der Waals surface area contributed by atoms with E-state index >= 15 is 0 Å². The highest BCUT2D eigenvalue weighted by atomic mass is 19.3. The number of aliphatic imine (C=N–C) groups is 1. The Morgan fingerprint density at radius 2 is 1.94 bits per heavy atom. The number of aryl methyl sites for hydroxylation is 1. The van der Waals surface area contributed by atoms with Crippen LogP contribution in [-0.2, 0) is 4.94 Å². The zero-order valence-electron chi connectivity index (χ0n) is 21.5. The molecule has 0 saturated carbocycles. The molecule has 36 heavy (non-hydrogen) atoms. The zero-order valence-corrected chi connectivity index (χ0v) is 21.5. The Hall–Kier alpha value is -2.59. The van der Waals surface area contributed by atoms with Gasteiger partial charge >= 0.3 is 5.92 Å². The minimum atomic E-state index is -3.18. The van der Waals surface area contributed by atoms with Crippen molar-refractivity contribution in [2.75, 3.05) is 45.9 Å². The predicted molar refractivity (Wildman–Crippen MR) is 137 cm³/mol. The van der Waals surface area contributed by atoms with E-state index in [1.165, 1.54) is 12.8 Å². The number of oxime groups is 1. The average Bonchev–Trinajstić information content (AvgIpc) is 3.36. The molecule has 10 heteroatoms. The van der Waals surface area contributed by atoms with Crippen molar-refractivity contribution in [1.29, 1.82) is 0 Å². The van der Waals surface area contributed by atoms with Gasteiger partial charge in [0, 0.05) is 38.7 Å². The number of alkyl halides is 2. The van der Waals surface area contributed by atoms with Crippen LogP contribution in [0.5, 0.6) is 5.75 Å². The normalized spacial score (nSPS) is 18.3. The van der Waals surface area contributed by atoms with Crippen molar-refractivity contribution in [3.63, 3.8) is 0 Å². The molecule has 200 valence electrons. The van der Waals surface area contributed by atoms with Crippen molar-refractivity contribution >= 4 is 18.5 Å². The largest absolute Gasteiger partial charge is 0.494 e. The molecule has 0 unspecified atom stereocenters. The van der Waals surface area contributed by atoms with E-state index in [1.807, 2.05) is 25.1 Å². The van der Waals surface area contributed by atoms with Crippen molar-refractivity contribution in [2.45, 2.75) is 58.3 Å². The number of likely N-dealkylation sites (tertiary alicyclic amines) is 1. The fourth-order valence-corrected chi connectivity index (χ4v) is 4.60. The molecule has 0 atom stereocenters. The van der Waals surface area contributed by atoms with Gasteiger partial charge in [-0.3, -0.25) is 9.73 Å². The molecule has 8 nitrogen and oxygen atoms in total. The van der Waals surface area contributed by atoms with Crippen LogP contribution < -0.4 is 10.1 Å². The molecule has 2 fully saturated rings. The van der Waals surface area contributed by atoms with Crippen molar-refractivity contribution in [3.05, 3.63) is 29.3 Å². The van der Waals surface area contributed by atoms with Crippen molar-refractivity contribution in [2.24, 2.45) is 16.1 Å². The van der Waals surface area contributed by atoms with E-state index in [9.17, 15) is 13.6 Å². The Kier molecular flexibility index (Phi) is 10.6. The highest BCUT2D eigenvalue weighted by Gasteiger charge is 2.30. The Balaban J connectivity index is 1.31. The lowest BCUT2D eigenvalue weighted by atomic mass is 9.93. The number of hydrogen-bond acceptors (Lipinski definition) is 6. The Morgan fingerprint density at radius 3 is 2.58 bits per heavy atom. The highest BCUT2D eigenvalue weighted by molar-refractivity contribution is 5.95. The van der Waals surface area contributed by atoms with Crippen LogP contribution in [0, 0.1) is 12.8 Å². The maximum atomic E-state index is 13.3. The van der Waals surface area contributed by atoms with Gasteiger partial charge in [0.1, 0.15) is 5.75 Å². The lowest BCUT2D eigenvalue weighted by molar-refractivity contribution is -0.175. The first-order valence-corrected chi connectivity index (χ1v) is 12.9. The van der Waals surface area contributed by atoms with Crippen LogP contribution in [0.15, 0.2) is 28.3 Å². The first-order valence-electron chi connectivity index (χ1n) is 12.9. The summed E-state index contributed by atoms with van der Waals surface area (Å²) in [5.41, 5.74) is 1.58. The minimum absolute atomic E-state index is 0.0420. The van der Waals surface area contributed by atoms with Gasteiger partial charge in [0.2, 0.25) is 5.84 Å². The lowest BCUT2D eigenvalue weighted by Gasteiger charge is -2.29. The molecular formula is C26H39F2N5O3. The maximum Gasteiger partial charge on any atom is 0.307 e. The number of ether oxygens (including phenoxy) is 1. The third-order valence-electron chi connectivity index (χ3n) is 6.74. The SMILES string of the molecule is C=N/C(=N\ON1CCC(CCCOc2ccc(C(=O)NCCN3CCCC3)c(C)c2)CC1)C(C)(F)F. The number of hydroxylamine groups is 2. The summed E-state index contributed by atoms with van der Waals surface area (Å²) < 4.78 is 32.5. The van der Waals surface area contributed by atoms with Crippen LogP contribution in [0.2, 0.25) is 0 Å². The smallest absolute Gasteiger partial charge is 0.307 e. The van der Waals surface area contributed by atoms with Gasteiger partial charge in [-0.25, -0.2) is 4.99 Å². The van der Waals surface area contributed by atoms with Gasteiger partial charge in [0.15, 0.2) is 0 Å². The average molecular weight is 508 g/mol. The van der Waals surface area contributed by atoms with E-state index in [0.29, 0.717) is 44.6 Å². The second-order valence-electron chi connectivity index (χ2n) is 9.69. The molecule has 0 radical (unpaired) electrons. The van der Waals surface area contributed by atoms with Gasteiger partial charge in [-0.1, -0.05) is 0 Å². The summed E-state index contributed by atoms with van der Waals surface area (Å²) in [5, 5.41) is 8.04. The van der Waals surface area contributed by atoms with E-state index in [2.05, 4.69) is 27.1 Å². The molecule has 2 aliphatic heterocycles. The number of carbonyl (C=O) groups excluding carboxylic acids is 1. The Morgan fingerprint density at radius 1 is 1.22 bits per heavy atom. The summed E-state index contributed by atoms with van der Waals surface area (Å²) >= 11 is 0.